The molecule has 32 heavy (non-hydrogen) atoms. The van der Waals surface area contributed by atoms with Crippen LogP contribution in [0.5, 0.6) is 0 Å². The van der Waals surface area contributed by atoms with Gasteiger partial charge in [-0.2, -0.15) is 0 Å². The molecule has 0 aromatic carbocycles. The summed E-state index contributed by atoms with van der Waals surface area (Å²) in [4.78, 5) is 50.4. The third-order valence-corrected chi connectivity index (χ3v) is 5.53. The van der Waals surface area contributed by atoms with Crippen LogP contribution in [0.15, 0.2) is 12.2 Å². The zero-order valence-electron chi connectivity index (χ0n) is 17.8. The number of hydrogen-bond donors (Lipinski definition) is 8. The van der Waals surface area contributed by atoms with Crippen LogP contribution in [-0.4, -0.2) is 116 Å². The van der Waals surface area contributed by atoms with Crippen molar-refractivity contribution in [3.05, 3.63) is 12.2 Å². The number of amides is 4. The number of hydrogen-bond acceptors (Lipinski definition) is 10. The summed E-state index contributed by atoms with van der Waals surface area (Å²) in [6, 6.07) is 0. The fourth-order valence-corrected chi connectivity index (χ4v) is 2.87. The van der Waals surface area contributed by atoms with E-state index in [1.807, 2.05) is 0 Å². The molecule has 0 bridgehead atoms. The Hall–Kier alpha value is -2.42. The highest BCUT2D eigenvalue weighted by atomic mass is 16.3. The number of nitrogens with one attached hydrogen (secondary N) is 2. The Balaban J connectivity index is 3.14. The van der Waals surface area contributed by atoms with E-state index < -0.39 is 79.8 Å². The highest BCUT2D eigenvalue weighted by molar-refractivity contribution is 6.12. The SMILES string of the molecule is CC(CCCN1C(=O)C=CC1=O)(C(=O)NC(CO)(CO)CO)C(=O)NC(CO)(CO)CO. The summed E-state index contributed by atoms with van der Waals surface area (Å²) in [5.74, 6) is -3.14. The Bertz CT molecular complexity index is 662. The van der Waals surface area contributed by atoms with Crippen molar-refractivity contribution in [2.75, 3.05) is 46.2 Å². The molecule has 13 heteroatoms. The molecule has 0 atom stereocenters. The smallest absolute Gasteiger partial charge is 0.253 e. The molecule has 1 aliphatic heterocycles. The zero-order valence-corrected chi connectivity index (χ0v) is 17.8. The first-order valence-corrected chi connectivity index (χ1v) is 9.86. The fourth-order valence-electron chi connectivity index (χ4n) is 2.87. The number of aliphatic hydroxyl groups is 6. The molecule has 0 saturated carbocycles. The van der Waals surface area contributed by atoms with E-state index in [4.69, 9.17) is 0 Å². The Morgan fingerprint density at radius 2 is 1.12 bits per heavy atom. The first-order valence-electron chi connectivity index (χ1n) is 9.86. The minimum absolute atomic E-state index is 0.00868. The molecule has 8 N–H and O–H groups in total. The molecule has 1 heterocycles. The third kappa shape index (κ3) is 5.88. The average Bonchev–Trinajstić information content (AvgIpc) is 3.12. The van der Waals surface area contributed by atoms with E-state index in [-0.39, 0.29) is 19.4 Å². The van der Waals surface area contributed by atoms with Crippen molar-refractivity contribution in [3.63, 3.8) is 0 Å². The van der Waals surface area contributed by atoms with Gasteiger partial charge in [0.25, 0.3) is 11.8 Å². The van der Waals surface area contributed by atoms with Gasteiger partial charge in [0.05, 0.1) is 39.6 Å². The number of carbonyl (C=O) groups excluding carboxylic acids is 4. The lowest BCUT2D eigenvalue weighted by molar-refractivity contribution is -0.148. The molecule has 0 aromatic rings. The Labute approximate surface area is 184 Å². The Kier molecular flexibility index (Phi) is 9.88. The number of nitrogens with zero attached hydrogens (tertiary/aromatic N) is 1. The van der Waals surface area contributed by atoms with Gasteiger partial charge in [-0.3, -0.25) is 24.1 Å². The molecular weight excluding hydrogens is 430 g/mol. The van der Waals surface area contributed by atoms with Crippen LogP contribution >= 0.6 is 0 Å². The van der Waals surface area contributed by atoms with E-state index in [9.17, 15) is 49.8 Å². The second-order valence-electron chi connectivity index (χ2n) is 8.01. The van der Waals surface area contributed by atoms with Gasteiger partial charge in [0.1, 0.15) is 16.5 Å². The van der Waals surface area contributed by atoms with E-state index in [2.05, 4.69) is 10.6 Å². The maximum atomic E-state index is 13.1. The molecule has 0 unspecified atom stereocenters. The average molecular weight is 461 g/mol. The normalized spacial score (nSPS) is 14.8. The number of rotatable bonds is 14. The van der Waals surface area contributed by atoms with Gasteiger partial charge in [0, 0.05) is 18.7 Å². The molecule has 0 spiro atoms. The second kappa shape index (κ2) is 11.4. The van der Waals surface area contributed by atoms with Gasteiger partial charge in [0.2, 0.25) is 11.8 Å². The molecule has 1 aliphatic rings. The Morgan fingerprint density at radius 1 is 0.781 bits per heavy atom. The highest BCUT2D eigenvalue weighted by Gasteiger charge is 2.47. The van der Waals surface area contributed by atoms with Crippen molar-refractivity contribution in [2.45, 2.75) is 30.8 Å². The molecule has 182 valence electrons. The maximum Gasteiger partial charge on any atom is 0.253 e. The minimum Gasteiger partial charge on any atom is -0.394 e. The van der Waals surface area contributed by atoms with Crippen LogP contribution in [0.3, 0.4) is 0 Å². The van der Waals surface area contributed by atoms with Crippen LogP contribution in [0.1, 0.15) is 19.8 Å². The van der Waals surface area contributed by atoms with Gasteiger partial charge in [-0.05, 0) is 19.8 Å². The molecular formula is C19H31N3O10. The standard InChI is InChI=1S/C19H31N3O10/c1-17(15(31)20-18(7-23,8-24)9-25,16(32)21-19(10-26,11-27)12-28)5-2-6-22-13(29)3-4-14(22)30/h3-4,23-28H,2,5-12H2,1H3,(H,20,31)(H,21,32). The lowest BCUT2D eigenvalue weighted by Crippen LogP contribution is -2.65. The van der Waals surface area contributed by atoms with E-state index in [1.165, 1.54) is 6.92 Å². The summed E-state index contributed by atoms with van der Waals surface area (Å²) in [7, 11) is 0. The van der Waals surface area contributed by atoms with Crippen molar-refractivity contribution >= 4 is 23.6 Å². The van der Waals surface area contributed by atoms with Crippen LogP contribution in [0.4, 0.5) is 0 Å². The van der Waals surface area contributed by atoms with Crippen molar-refractivity contribution in [2.24, 2.45) is 5.41 Å². The van der Waals surface area contributed by atoms with Crippen molar-refractivity contribution < 1.29 is 49.8 Å². The Morgan fingerprint density at radius 3 is 1.44 bits per heavy atom. The molecule has 1 rings (SSSR count). The summed E-state index contributed by atoms with van der Waals surface area (Å²) < 4.78 is 0. The van der Waals surface area contributed by atoms with Gasteiger partial charge in [-0.15, -0.1) is 0 Å². The first kappa shape index (κ1) is 27.6. The number of carbonyl (C=O) groups is 4. The summed E-state index contributed by atoms with van der Waals surface area (Å²) in [6.07, 6.45) is 1.90. The monoisotopic (exact) mass is 461 g/mol. The highest BCUT2D eigenvalue weighted by Crippen LogP contribution is 2.27. The molecule has 0 saturated heterocycles. The second-order valence-corrected chi connectivity index (χ2v) is 8.01. The quantitative estimate of drug-likeness (QED) is 0.0913. The van der Waals surface area contributed by atoms with E-state index >= 15 is 0 Å². The van der Waals surface area contributed by atoms with Crippen LogP contribution in [0.25, 0.3) is 0 Å². The van der Waals surface area contributed by atoms with Crippen LogP contribution in [-0.2, 0) is 19.2 Å². The van der Waals surface area contributed by atoms with E-state index in [0.29, 0.717) is 0 Å². The van der Waals surface area contributed by atoms with Gasteiger partial charge < -0.3 is 41.3 Å². The summed E-state index contributed by atoms with van der Waals surface area (Å²) in [5, 5.41) is 61.4. The predicted molar refractivity (Wildman–Crippen MR) is 107 cm³/mol. The molecule has 0 aromatic heterocycles. The summed E-state index contributed by atoms with van der Waals surface area (Å²) in [6.45, 7) is -4.01. The molecule has 0 fully saturated rings. The topological polar surface area (TPSA) is 217 Å². The van der Waals surface area contributed by atoms with Crippen LogP contribution in [0.2, 0.25) is 0 Å². The van der Waals surface area contributed by atoms with Gasteiger partial charge in [-0.1, -0.05) is 0 Å². The lowest BCUT2D eigenvalue weighted by atomic mass is 9.81. The van der Waals surface area contributed by atoms with Crippen molar-refractivity contribution in [1.82, 2.24) is 15.5 Å². The fraction of sp³-hybridized carbons (Fsp3) is 0.684. The van der Waals surface area contributed by atoms with E-state index in [1.54, 1.807) is 0 Å². The van der Waals surface area contributed by atoms with Gasteiger partial charge in [-0.25, -0.2) is 0 Å². The first-order chi connectivity index (χ1) is 15.0. The third-order valence-electron chi connectivity index (χ3n) is 5.53. The van der Waals surface area contributed by atoms with E-state index in [0.717, 1.165) is 17.1 Å². The van der Waals surface area contributed by atoms with Crippen molar-refractivity contribution in [1.29, 1.82) is 0 Å². The van der Waals surface area contributed by atoms with Gasteiger partial charge >= 0.3 is 0 Å². The van der Waals surface area contributed by atoms with Crippen LogP contribution in [0, 0.1) is 5.41 Å². The van der Waals surface area contributed by atoms with Gasteiger partial charge in [0.15, 0.2) is 0 Å². The molecule has 4 amide bonds. The predicted octanol–water partition coefficient (Wildman–Crippen LogP) is -4.64. The lowest BCUT2D eigenvalue weighted by Gasteiger charge is -2.37. The van der Waals surface area contributed by atoms with Crippen molar-refractivity contribution in [3.8, 4) is 0 Å². The maximum absolute atomic E-state index is 13.1. The molecule has 0 aliphatic carbocycles. The largest absolute Gasteiger partial charge is 0.394 e. The summed E-state index contributed by atoms with van der Waals surface area (Å²) in [5.41, 5.74) is -5.66. The number of aliphatic hydroxyl groups excluding tert-OH is 6. The minimum atomic E-state index is -1.98. The molecule has 13 nitrogen and oxygen atoms in total. The zero-order chi connectivity index (χ0) is 24.6. The van der Waals surface area contributed by atoms with Crippen LogP contribution < -0.4 is 10.6 Å². The summed E-state index contributed by atoms with van der Waals surface area (Å²) >= 11 is 0. The molecule has 0 radical (unpaired) electrons. The number of imide groups is 1.